The molecule has 31 heavy (non-hydrogen) atoms. The van der Waals surface area contributed by atoms with Crippen molar-refractivity contribution in [1.82, 2.24) is 4.90 Å². The molecule has 1 aromatic heterocycles. The highest BCUT2D eigenvalue weighted by atomic mass is 19.1. The van der Waals surface area contributed by atoms with Gasteiger partial charge in [0.05, 0.1) is 38.3 Å². The molecule has 158 valence electrons. The number of carbonyl (C=O) groups is 2. The number of halogens is 1. The van der Waals surface area contributed by atoms with Gasteiger partial charge in [-0.25, -0.2) is 4.39 Å². The van der Waals surface area contributed by atoms with Crippen LogP contribution in [0.5, 0.6) is 11.5 Å². The van der Waals surface area contributed by atoms with Gasteiger partial charge in [-0.15, -0.1) is 0 Å². The summed E-state index contributed by atoms with van der Waals surface area (Å²) in [6.45, 7) is -0.0275. The van der Waals surface area contributed by atoms with E-state index >= 15 is 0 Å². The molecule has 1 aliphatic rings. The largest absolute Gasteiger partial charge is 0.497 e. The molecule has 2 aromatic carbocycles. The van der Waals surface area contributed by atoms with E-state index in [1.54, 1.807) is 30.3 Å². The van der Waals surface area contributed by atoms with Crippen LogP contribution < -0.4 is 14.8 Å². The summed E-state index contributed by atoms with van der Waals surface area (Å²) in [7, 11) is 3.02. The van der Waals surface area contributed by atoms with E-state index in [1.165, 1.54) is 44.7 Å². The second kappa shape index (κ2) is 8.35. The number of nitrogens with one attached hydrogen (secondary N) is 1. The van der Waals surface area contributed by atoms with E-state index in [0.29, 0.717) is 28.5 Å². The van der Waals surface area contributed by atoms with E-state index in [4.69, 9.17) is 13.9 Å². The minimum absolute atomic E-state index is 0.0275. The van der Waals surface area contributed by atoms with Gasteiger partial charge in [0.25, 0.3) is 11.8 Å². The molecule has 0 saturated heterocycles. The van der Waals surface area contributed by atoms with Crippen LogP contribution >= 0.6 is 0 Å². The van der Waals surface area contributed by atoms with Gasteiger partial charge in [0.15, 0.2) is 0 Å². The van der Waals surface area contributed by atoms with Crippen LogP contribution in [0.1, 0.15) is 11.3 Å². The maximum absolute atomic E-state index is 13.5. The number of ether oxygens (including phenoxy) is 2. The first-order valence-corrected chi connectivity index (χ1v) is 9.39. The van der Waals surface area contributed by atoms with Crippen LogP contribution in [0.15, 0.2) is 71.0 Å². The van der Waals surface area contributed by atoms with Gasteiger partial charge in [0.2, 0.25) is 0 Å². The molecule has 2 amide bonds. The number of imide groups is 1. The molecule has 0 aliphatic carbocycles. The van der Waals surface area contributed by atoms with Crippen LogP contribution in [-0.4, -0.2) is 30.9 Å². The Hall–Kier alpha value is -4.07. The number of hydrogen-bond donors (Lipinski definition) is 1. The highest BCUT2D eigenvalue weighted by Gasteiger charge is 2.40. The molecular weight excluding hydrogens is 403 g/mol. The first-order valence-electron chi connectivity index (χ1n) is 9.39. The van der Waals surface area contributed by atoms with Crippen molar-refractivity contribution in [2.75, 3.05) is 19.5 Å². The standard InChI is InChI=1S/C23H19FN2O5/c1-29-16-9-10-18(19(12-16)30-2)25-21-20(14-5-7-15(24)8-6-14)22(27)26(23(21)28)13-17-4-3-11-31-17/h3-12,25H,13H2,1-2H3. The maximum atomic E-state index is 13.5. The summed E-state index contributed by atoms with van der Waals surface area (Å²) < 4.78 is 29.3. The predicted molar refractivity (Wildman–Crippen MR) is 111 cm³/mol. The number of anilines is 1. The SMILES string of the molecule is COc1ccc(NC2=C(c3ccc(F)cc3)C(=O)N(Cc3ccco3)C2=O)c(OC)c1. The second-order valence-corrected chi connectivity index (χ2v) is 6.72. The quantitative estimate of drug-likeness (QED) is 0.583. The minimum atomic E-state index is -0.529. The molecule has 7 nitrogen and oxygen atoms in total. The lowest BCUT2D eigenvalue weighted by Crippen LogP contribution is -2.31. The number of carbonyl (C=O) groups excluding carboxylic acids is 2. The third-order valence-electron chi connectivity index (χ3n) is 4.86. The van der Waals surface area contributed by atoms with E-state index < -0.39 is 17.6 Å². The summed E-state index contributed by atoms with van der Waals surface area (Å²) >= 11 is 0. The zero-order chi connectivity index (χ0) is 22.0. The number of benzene rings is 2. The van der Waals surface area contributed by atoms with Gasteiger partial charge in [-0.2, -0.15) is 0 Å². The van der Waals surface area contributed by atoms with Crippen LogP contribution in [0.25, 0.3) is 5.57 Å². The molecule has 1 N–H and O–H groups in total. The van der Waals surface area contributed by atoms with E-state index in [-0.39, 0.29) is 17.8 Å². The van der Waals surface area contributed by atoms with Gasteiger partial charge in [-0.1, -0.05) is 12.1 Å². The number of nitrogens with zero attached hydrogens (tertiary/aromatic N) is 1. The third-order valence-corrected chi connectivity index (χ3v) is 4.86. The molecule has 3 aromatic rings. The fraction of sp³-hybridized carbons (Fsp3) is 0.130. The Morgan fingerprint density at radius 1 is 1.00 bits per heavy atom. The summed E-state index contributed by atoms with van der Waals surface area (Å²) in [6.07, 6.45) is 1.47. The average Bonchev–Trinajstić information content (AvgIpc) is 3.38. The lowest BCUT2D eigenvalue weighted by molar-refractivity contribution is -0.137. The summed E-state index contributed by atoms with van der Waals surface area (Å²) in [4.78, 5) is 27.5. The monoisotopic (exact) mass is 422 g/mol. The first-order chi connectivity index (χ1) is 15.0. The zero-order valence-corrected chi connectivity index (χ0v) is 16.8. The minimum Gasteiger partial charge on any atom is -0.497 e. The van der Waals surface area contributed by atoms with E-state index in [0.717, 1.165) is 4.90 Å². The van der Waals surface area contributed by atoms with Crippen molar-refractivity contribution in [3.8, 4) is 11.5 Å². The van der Waals surface area contributed by atoms with Gasteiger partial charge in [0.1, 0.15) is 28.8 Å². The number of furan rings is 1. The van der Waals surface area contributed by atoms with Crippen LogP contribution in [0.2, 0.25) is 0 Å². The van der Waals surface area contributed by atoms with E-state index in [9.17, 15) is 14.0 Å². The summed E-state index contributed by atoms with van der Waals surface area (Å²) in [5.74, 6) is -0.0247. The zero-order valence-electron chi connectivity index (χ0n) is 16.8. The molecule has 0 radical (unpaired) electrons. The van der Waals surface area contributed by atoms with E-state index in [1.807, 2.05) is 0 Å². The smallest absolute Gasteiger partial charge is 0.278 e. The van der Waals surface area contributed by atoms with Crippen molar-refractivity contribution < 1.29 is 27.9 Å². The molecule has 0 spiro atoms. The fourth-order valence-electron chi connectivity index (χ4n) is 3.31. The highest BCUT2D eigenvalue weighted by Crippen LogP contribution is 2.35. The van der Waals surface area contributed by atoms with Gasteiger partial charge >= 0.3 is 0 Å². The fourth-order valence-corrected chi connectivity index (χ4v) is 3.31. The Morgan fingerprint density at radius 2 is 1.77 bits per heavy atom. The average molecular weight is 422 g/mol. The van der Waals surface area contributed by atoms with Crippen molar-refractivity contribution in [3.63, 3.8) is 0 Å². The number of methoxy groups -OCH3 is 2. The topological polar surface area (TPSA) is 81.0 Å². The van der Waals surface area contributed by atoms with Crippen molar-refractivity contribution in [1.29, 1.82) is 0 Å². The van der Waals surface area contributed by atoms with Gasteiger partial charge in [-0.3, -0.25) is 14.5 Å². The Morgan fingerprint density at radius 3 is 2.42 bits per heavy atom. The Bertz CT molecular complexity index is 1150. The van der Waals surface area contributed by atoms with Crippen molar-refractivity contribution >= 4 is 23.1 Å². The van der Waals surface area contributed by atoms with Crippen molar-refractivity contribution in [2.24, 2.45) is 0 Å². The maximum Gasteiger partial charge on any atom is 0.278 e. The first kappa shape index (κ1) is 20.2. The molecule has 1 aliphatic heterocycles. The lowest BCUT2D eigenvalue weighted by atomic mass is 10.0. The van der Waals surface area contributed by atoms with Crippen LogP contribution in [0.4, 0.5) is 10.1 Å². The van der Waals surface area contributed by atoms with Crippen molar-refractivity contribution in [3.05, 3.63) is 83.7 Å². The third kappa shape index (κ3) is 3.87. The van der Waals surface area contributed by atoms with Crippen LogP contribution in [-0.2, 0) is 16.1 Å². The van der Waals surface area contributed by atoms with Crippen molar-refractivity contribution in [2.45, 2.75) is 6.54 Å². The van der Waals surface area contributed by atoms with Gasteiger partial charge in [-0.05, 0) is 42.0 Å². The Labute approximate surface area is 177 Å². The predicted octanol–water partition coefficient (Wildman–Crippen LogP) is 3.83. The van der Waals surface area contributed by atoms with Gasteiger partial charge in [0, 0.05) is 6.07 Å². The lowest BCUT2D eigenvalue weighted by Gasteiger charge is -2.15. The normalized spacial score (nSPS) is 13.7. The molecule has 0 unspecified atom stereocenters. The number of amides is 2. The number of hydrogen-bond acceptors (Lipinski definition) is 6. The molecule has 0 bridgehead atoms. The number of rotatable bonds is 7. The molecule has 0 fully saturated rings. The van der Waals surface area contributed by atoms with Crippen LogP contribution in [0.3, 0.4) is 0 Å². The second-order valence-electron chi connectivity index (χ2n) is 6.72. The molecule has 0 saturated carbocycles. The molecule has 4 rings (SSSR count). The van der Waals surface area contributed by atoms with Gasteiger partial charge < -0.3 is 19.2 Å². The molecule has 0 atom stereocenters. The highest BCUT2D eigenvalue weighted by molar-refractivity contribution is 6.36. The molecule has 8 heteroatoms. The molecule has 2 heterocycles. The Balaban J connectivity index is 1.77. The summed E-state index contributed by atoms with van der Waals surface area (Å²) in [5, 5.41) is 3.03. The van der Waals surface area contributed by atoms with E-state index in [2.05, 4.69) is 5.32 Å². The van der Waals surface area contributed by atoms with Crippen LogP contribution in [0, 0.1) is 5.82 Å². The molecular formula is C23H19FN2O5. The Kier molecular flexibility index (Phi) is 5.44. The summed E-state index contributed by atoms with van der Waals surface area (Å²) in [5.41, 5.74) is 1.08. The summed E-state index contributed by atoms with van der Waals surface area (Å²) in [6, 6.07) is 13.8.